The van der Waals surface area contributed by atoms with Gasteiger partial charge in [0.2, 0.25) is 5.88 Å². The highest BCUT2D eigenvalue weighted by Gasteiger charge is 2.34. The molecule has 1 heterocycles. The van der Waals surface area contributed by atoms with Crippen LogP contribution in [0.3, 0.4) is 0 Å². The molecule has 0 fully saturated rings. The molecule has 0 amide bonds. The fourth-order valence-corrected chi connectivity index (χ4v) is 0.991. The summed E-state index contributed by atoms with van der Waals surface area (Å²) in [4.78, 5) is 2.99. The summed E-state index contributed by atoms with van der Waals surface area (Å²) in [6.45, 7) is 0. The van der Waals surface area contributed by atoms with E-state index in [0.29, 0.717) is 6.20 Å². The first-order valence-corrected chi connectivity index (χ1v) is 3.98. The zero-order chi connectivity index (χ0) is 13.2. The summed E-state index contributed by atoms with van der Waals surface area (Å²) in [7, 11) is 0. The van der Waals surface area contributed by atoms with E-state index in [1.54, 1.807) is 0 Å². The van der Waals surface area contributed by atoms with Crippen LogP contribution in [0.5, 0.6) is 5.88 Å². The number of halogens is 5. The highest BCUT2D eigenvalue weighted by molar-refractivity contribution is 5.63. The standard InChI is InChI=1S/C8H4F5N3O/c9-6(10)4-2-16-7(17-8(11,12)13)3(1-14)5(4)15/h2,6H,(H2,15,16). The van der Waals surface area contributed by atoms with Gasteiger partial charge >= 0.3 is 6.36 Å². The van der Waals surface area contributed by atoms with Gasteiger partial charge in [-0.1, -0.05) is 0 Å². The lowest BCUT2D eigenvalue weighted by Gasteiger charge is -2.12. The number of pyridine rings is 1. The van der Waals surface area contributed by atoms with Gasteiger partial charge in [0, 0.05) is 6.20 Å². The maximum atomic E-state index is 12.3. The fraction of sp³-hybridized carbons (Fsp3) is 0.250. The van der Waals surface area contributed by atoms with Crippen molar-refractivity contribution in [3.8, 4) is 11.9 Å². The Balaban J connectivity index is 3.28. The minimum atomic E-state index is -5.09. The summed E-state index contributed by atoms with van der Waals surface area (Å²) in [5.41, 5.74) is 2.65. The second-order valence-corrected chi connectivity index (χ2v) is 2.77. The number of nitrogens with zero attached hydrogens (tertiary/aromatic N) is 2. The molecule has 0 aliphatic carbocycles. The Labute approximate surface area is 91.4 Å². The number of hydrogen-bond donors (Lipinski definition) is 1. The van der Waals surface area contributed by atoms with Gasteiger partial charge in [-0.25, -0.2) is 13.8 Å². The maximum absolute atomic E-state index is 12.3. The Hall–Kier alpha value is -2.11. The molecule has 92 valence electrons. The average molecular weight is 253 g/mol. The van der Waals surface area contributed by atoms with E-state index in [4.69, 9.17) is 11.0 Å². The number of anilines is 1. The molecular formula is C8H4F5N3O. The lowest BCUT2D eigenvalue weighted by molar-refractivity contribution is -0.276. The SMILES string of the molecule is N#Cc1c(OC(F)(F)F)ncc(C(F)F)c1N. The van der Waals surface area contributed by atoms with Crippen LogP contribution in [0.2, 0.25) is 0 Å². The van der Waals surface area contributed by atoms with Crippen molar-refractivity contribution in [3.05, 3.63) is 17.3 Å². The first kappa shape index (κ1) is 13.0. The smallest absolute Gasteiger partial charge is 0.397 e. The highest BCUT2D eigenvalue weighted by Crippen LogP contribution is 2.33. The van der Waals surface area contributed by atoms with Crippen LogP contribution in [0.25, 0.3) is 0 Å². The number of aromatic nitrogens is 1. The quantitative estimate of drug-likeness (QED) is 0.821. The van der Waals surface area contributed by atoms with Crippen LogP contribution in [-0.4, -0.2) is 11.3 Å². The predicted octanol–water partition coefficient (Wildman–Crippen LogP) is 2.37. The van der Waals surface area contributed by atoms with E-state index in [2.05, 4.69) is 9.72 Å². The average Bonchev–Trinajstić information content (AvgIpc) is 2.15. The van der Waals surface area contributed by atoms with Gasteiger partial charge in [0.1, 0.15) is 11.6 Å². The van der Waals surface area contributed by atoms with Gasteiger partial charge in [-0.15, -0.1) is 13.2 Å². The summed E-state index contributed by atoms with van der Waals surface area (Å²) in [6.07, 6.45) is -7.70. The fourth-order valence-electron chi connectivity index (χ4n) is 0.991. The van der Waals surface area contributed by atoms with E-state index < -0.39 is 35.5 Å². The molecule has 2 N–H and O–H groups in total. The van der Waals surface area contributed by atoms with Crippen molar-refractivity contribution in [3.63, 3.8) is 0 Å². The molecule has 4 nitrogen and oxygen atoms in total. The molecule has 0 bridgehead atoms. The van der Waals surface area contributed by atoms with Crippen molar-refractivity contribution >= 4 is 5.69 Å². The van der Waals surface area contributed by atoms with E-state index in [1.165, 1.54) is 6.07 Å². The van der Waals surface area contributed by atoms with Crippen LogP contribution < -0.4 is 10.5 Å². The molecule has 9 heteroatoms. The van der Waals surface area contributed by atoms with Gasteiger partial charge in [0.05, 0.1) is 11.3 Å². The molecule has 0 aliphatic rings. The first-order chi connectivity index (χ1) is 7.76. The Morgan fingerprint density at radius 3 is 2.41 bits per heavy atom. The van der Waals surface area contributed by atoms with E-state index in [-0.39, 0.29) is 0 Å². The van der Waals surface area contributed by atoms with Crippen LogP contribution >= 0.6 is 0 Å². The summed E-state index contributed by atoms with van der Waals surface area (Å²) in [6, 6.07) is 1.24. The molecule has 0 radical (unpaired) electrons. The molecule has 0 spiro atoms. The molecule has 0 atom stereocenters. The minimum absolute atomic E-state index is 0.432. The Morgan fingerprint density at radius 2 is 2.00 bits per heavy atom. The number of nitrogens with two attached hydrogens (primary N) is 1. The van der Waals surface area contributed by atoms with Crippen molar-refractivity contribution < 1.29 is 26.7 Å². The topological polar surface area (TPSA) is 71.9 Å². The first-order valence-electron chi connectivity index (χ1n) is 3.98. The van der Waals surface area contributed by atoms with Crippen LogP contribution in [0.4, 0.5) is 27.6 Å². The highest BCUT2D eigenvalue weighted by atomic mass is 19.4. The van der Waals surface area contributed by atoms with Crippen molar-refractivity contribution in [2.45, 2.75) is 12.8 Å². The zero-order valence-electron chi connectivity index (χ0n) is 7.92. The Morgan fingerprint density at radius 1 is 1.41 bits per heavy atom. The lowest BCUT2D eigenvalue weighted by atomic mass is 10.1. The number of nitriles is 1. The molecule has 0 saturated carbocycles. The van der Waals surface area contributed by atoms with Crippen LogP contribution in [-0.2, 0) is 0 Å². The van der Waals surface area contributed by atoms with E-state index in [9.17, 15) is 22.0 Å². The van der Waals surface area contributed by atoms with E-state index >= 15 is 0 Å². The number of rotatable bonds is 2. The molecule has 0 aromatic carbocycles. The monoisotopic (exact) mass is 253 g/mol. The normalized spacial score (nSPS) is 11.4. The van der Waals surface area contributed by atoms with Gasteiger partial charge in [0.25, 0.3) is 6.43 Å². The van der Waals surface area contributed by atoms with Crippen molar-refractivity contribution in [2.24, 2.45) is 0 Å². The minimum Gasteiger partial charge on any atom is -0.397 e. The Bertz CT molecular complexity index is 465. The summed E-state index contributed by atoms with van der Waals surface area (Å²) >= 11 is 0. The Kier molecular flexibility index (Phi) is 3.36. The van der Waals surface area contributed by atoms with Gasteiger partial charge in [-0.2, -0.15) is 5.26 Å². The third-order valence-corrected chi connectivity index (χ3v) is 1.67. The second-order valence-electron chi connectivity index (χ2n) is 2.77. The molecule has 0 saturated heterocycles. The molecule has 1 rings (SSSR count). The largest absolute Gasteiger partial charge is 0.574 e. The molecular weight excluding hydrogens is 249 g/mol. The third-order valence-electron chi connectivity index (χ3n) is 1.67. The van der Waals surface area contributed by atoms with E-state index in [1.807, 2.05) is 0 Å². The molecule has 1 aromatic heterocycles. The summed E-state index contributed by atoms with van der Waals surface area (Å²) < 4.78 is 63.7. The molecule has 0 aliphatic heterocycles. The number of alkyl halides is 5. The molecule has 0 unspecified atom stereocenters. The van der Waals surface area contributed by atoms with Crippen LogP contribution in [0.1, 0.15) is 17.6 Å². The number of ether oxygens (including phenoxy) is 1. The second kappa shape index (κ2) is 4.40. The number of hydrogen-bond acceptors (Lipinski definition) is 4. The zero-order valence-corrected chi connectivity index (χ0v) is 7.92. The van der Waals surface area contributed by atoms with Crippen molar-refractivity contribution in [1.82, 2.24) is 4.98 Å². The lowest BCUT2D eigenvalue weighted by Crippen LogP contribution is -2.19. The van der Waals surface area contributed by atoms with Crippen molar-refractivity contribution in [1.29, 1.82) is 5.26 Å². The third kappa shape index (κ3) is 2.93. The van der Waals surface area contributed by atoms with Gasteiger partial charge in [-0.3, -0.25) is 0 Å². The molecule has 17 heavy (non-hydrogen) atoms. The molecule has 1 aromatic rings. The van der Waals surface area contributed by atoms with Crippen LogP contribution in [0.15, 0.2) is 6.20 Å². The predicted molar refractivity (Wildman–Crippen MR) is 45.0 cm³/mol. The maximum Gasteiger partial charge on any atom is 0.574 e. The summed E-state index contributed by atoms with van der Waals surface area (Å²) in [5.74, 6) is -1.15. The van der Waals surface area contributed by atoms with E-state index in [0.717, 1.165) is 0 Å². The van der Waals surface area contributed by atoms with Gasteiger partial charge < -0.3 is 10.5 Å². The van der Waals surface area contributed by atoms with Gasteiger partial charge in [-0.05, 0) is 0 Å². The van der Waals surface area contributed by atoms with Crippen LogP contribution in [0, 0.1) is 11.3 Å². The number of nitrogen functional groups attached to an aromatic ring is 1. The summed E-state index contributed by atoms with van der Waals surface area (Å²) in [5, 5.41) is 8.54. The van der Waals surface area contributed by atoms with Crippen molar-refractivity contribution in [2.75, 3.05) is 5.73 Å². The van der Waals surface area contributed by atoms with Gasteiger partial charge in [0.15, 0.2) is 0 Å².